The number of hydrogen-bond donors (Lipinski definition) is 0. The molecule has 1 heterocycles. The van der Waals surface area contributed by atoms with Crippen molar-refractivity contribution >= 4 is 11.8 Å². The Morgan fingerprint density at radius 1 is 1.40 bits per heavy atom. The zero-order valence-corrected chi connectivity index (χ0v) is 6.30. The van der Waals surface area contributed by atoms with Gasteiger partial charge in [-0.05, 0) is 20.8 Å². The summed E-state index contributed by atoms with van der Waals surface area (Å²) in [5.41, 5.74) is -0.917. The molecule has 0 bridgehead atoms. The first-order chi connectivity index (χ1) is 4.46. The fourth-order valence-electron chi connectivity index (χ4n) is 0.970. The van der Waals surface area contributed by atoms with Crippen LogP contribution < -0.4 is 0 Å². The van der Waals surface area contributed by atoms with Gasteiger partial charge in [-0.3, -0.25) is 9.59 Å². The van der Waals surface area contributed by atoms with Gasteiger partial charge in [0.25, 0.3) is 0 Å². The summed E-state index contributed by atoms with van der Waals surface area (Å²) >= 11 is 0. The Labute approximate surface area is 59.4 Å². The van der Waals surface area contributed by atoms with Crippen LogP contribution in [0.2, 0.25) is 0 Å². The highest BCUT2D eigenvalue weighted by atomic mass is 16.6. The number of cyclic esters (lactones) is 1. The predicted molar refractivity (Wildman–Crippen MR) is 34.3 cm³/mol. The minimum Gasteiger partial charge on any atom is -0.454 e. The summed E-state index contributed by atoms with van der Waals surface area (Å²) in [5.74, 6) is -0.539. The van der Waals surface area contributed by atoms with Gasteiger partial charge < -0.3 is 4.74 Å². The van der Waals surface area contributed by atoms with E-state index in [-0.39, 0.29) is 5.78 Å². The maximum absolute atomic E-state index is 11.1. The number of ether oxygens (including phenoxy) is 1. The Bertz CT molecular complexity index is 193. The van der Waals surface area contributed by atoms with Crippen LogP contribution in [0.1, 0.15) is 20.8 Å². The molecule has 56 valence electrons. The summed E-state index contributed by atoms with van der Waals surface area (Å²) in [6.45, 7) is 4.76. The fraction of sp³-hybridized carbons (Fsp3) is 0.714. The molecule has 1 aliphatic heterocycles. The Hall–Kier alpha value is -0.860. The molecule has 0 aromatic rings. The van der Waals surface area contributed by atoms with Gasteiger partial charge in [-0.15, -0.1) is 0 Å². The van der Waals surface area contributed by atoms with Gasteiger partial charge in [0.05, 0.1) is 0 Å². The number of carbonyl (C=O) groups is 2. The number of hydrogen-bond acceptors (Lipinski definition) is 3. The molecule has 10 heavy (non-hydrogen) atoms. The summed E-state index contributed by atoms with van der Waals surface area (Å²) in [5, 5.41) is 0. The van der Waals surface area contributed by atoms with Gasteiger partial charge in [0.2, 0.25) is 0 Å². The van der Waals surface area contributed by atoms with Gasteiger partial charge in [-0.25, -0.2) is 0 Å². The highest BCUT2D eigenvalue weighted by Gasteiger charge is 2.48. The number of carbonyl (C=O) groups excluding carboxylic acids is 2. The first-order valence-electron chi connectivity index (χ1n) is 3.21. The zero-order valence-electron chi connectivity index (χ0n) is 6.30. The van der Waals surface area contributed by atoms with Gasteiger partial charge in [0, 0.05) is 0 Å². The van der Waals surface area contributed by atoms with Crippen LogP contribution in [0.3, 0.4) is 0 Å². The van der Waals surface area contributed by atoms with Crippen molar-refractivity contribution in [3.63, 3.8) is 0 Å². The van der Waals surface area contributed by atoms with Crippen molar-refractivity contribution in [3.8, 4) is 0 Å². The third-order valence-corrected chi connectivity index (χ3v) is 1.78. The summed E-state index contributed by atoms with van der Waals surface area (Å²) in [7, 11) is 0. The lowest BCUT2D eigenvalue weighted by molar-refractivity contribution is -0.147. The molecule has 0 aromatic carbocycles. The Balaban J connectivity index is 2.96. The number of ketones is 1. The van der Waals surface area contributed by atoms with Crippen LogP contribution in [0.4, 0.5) is 0 Å². The van der Waals surface area contributed by atoms with Gasteiger partial charge >= 0.3 is 5.97 Å². The SMILES string of the molecule is CC1OC(=O)C(C)(C)C1=O. The van der Waals surface area contributed by atoms with E-state index >= 15 is 0 Å². The molecule has 1 fully saturated rings. The van der Waals surface area contributed by atoms with Crippen molar-refractivity contribution in [2.24, 2.45) is 5.41 Å². The summed E-state index contributed by atoms with van der Waals surface area (Å²) < 4.78 is 4.70. The van der Waals surface area contributed by atoms with E-state index in [9.17, 15) is 9.59 Å². The minimum atomic E-state index is -0.917. The second-order valence-corrected chi connectivity index (χ2v) is 3.04. The predicted octanol–water partition coefficient (Wildman–Crippen LogP) is 0.527. The molecular weight excluding hydrogens is 132 g/mol. The molecule has 0 aliphatic carbocycles. The number of Topliss-reactive ketones (excluding diaryl/α,β-unsaturated/α-hetero) is 1. The van der Waals surface area contributed by atoms with Crippen LogP contribution in [-0.2, 0) is 14.3 Å². The molecule has 1 aliphatic rings. The van der Waals surface area contributed by atoms with Crippen LogP contribution in [0.25, 0.3) is 0 Å². The van der Waals surface area contributed by atoms with Crippen molar-refractivity contribution in [2.75, 3.05) is 0 Å². The molecule has 0 spiro atoms. The maximum Gasteiger partial charge on any atom is 0.319 e. The number of esters is 1. The summed E-state index contributed by atoms with van der Waals surface area (Å²) in [6, 6.07) is 0. The largest absolute Gasteiger partial charge is 0.454 e. The molecule has 1 atom stereocenters. The molecule has 0 saturated carbocycles. The lowest BCUT2D eigenvalue weighted by atomic mass is 9.89. The van der Waals surface area contributed by atoms with Gasteiger partial charge in [0.1, 0.15) is 5.41 Å². The van der Waals surface area contributed by atoms with Crippen LogP contribution in [-0.4, -0.2) is 17.9 Å². The standard InChI is InChI=1S/C7H10O3/c1-4-5(8)7(2,3)6(9)10-4/h4H,1-3H3. The van der Waals surface area contributed by atoms with E-state index in [2.05, 4.69) is 0 Å². The van der Waals surface area contributed by atoms with E-state index in [1.165, 1.54) is 0 Å². The van der Waals surface area contributed by atoms with Gasteiger partial charge in [0.15, 0.2) is 11.9 Å². The molecule has 3 heteroatoms. The van der Waals surface area contributed by atoms with E-state index < -0.39 is 17.5 Å². The van der Waals surface area contributed by atoms with E-state index in [1.807, 2.05) is 0 Å². The average molecular weight is 142 g/mol. The van der Waals surface area contributed by atoms with E-state index in [1.54, 1.807) is 20.8 Å². The van der Waals surface area contributed by atoms with Crippen molar-refractivity contribution in [2.45, 2.75) is 26.9 Å². The van der Waals surface area contributed by atoms with Gasteiger partial charge in [-0.1, -0.05) is 0 Å². The lowest BCUT2D eigenvalue weighted by Gasteiger charge is -2.06. The normalized spacial score (nSPS) is 30.5. The molecule has 0 aromatic heterocycles. The van der Waals surface area contributed by atoms with Crippen molar-refractivity contribution in [1.29, 1.82) is 0 Å². The van der Waals surface area contributed by atoms with Crippen LogP contribution in [0.5, 0.6) is 0 Å². The first kappa shape index (κ1) is 7.25. The van der Waals surface area contributed by atoms with Gasteiger partial charge in [-0.2, -0.15) is 0 Å². The Morgan fingerprint density at radius 3 is 2.00 bits per heavy atom. The minimum absolute atomic E-state index is 0.127. The monoisotopic (exact) mass is 142 g/mol. The highest BCUT2D eigenvalue weighted by molar-refractivity contribution is 6.09. The Morgan fingerprint density at radius 2 is 1.90 bits per heavy atom. The third-order valence-electron chi connectivity index (χ3n) is 1.78. The molecule has 1 saturated heterocycles. The maximum atomic E-state index is 11.1. The van der Waals surface area contributed by atoms with Crippen molar-refractivity contribution < 1.29 is 14.3 Å². The quantitative estimate of drug-likeness (QED) is 0.366. The smallest absolute Gasteiger partial charge is 0.319 e. The molecular formula is C7H10O3. The second kappa shape index (κ2) is 1.81. The second-order valence-electron chi connectivity index (χ2n) is 3.04. The van der Waals surface area contributed by atoms with E-state index in [0.717, 1.165) is 0 Å². The zero-order chi connectivity index (χ0) is 7.94. The number of rotatable bonds is 0. The van der Waals surface area contributed by atoms with Crippen molar-refractivity contribution in [1.82, 2.24) is 0 Å². The average Bonchev–Trinajstić information content (AvgIpc) is 1.97. The summed E-state index contributed by atoms with van der Waals surface area (Å²) in [4.78, 5) is 22.0. The molecule has 0 radical (unpaired) electrons. The topological polar surface area (TPSA) is 43.4 Å². The third kappa shape index (κ3) is 0.735. The lowest BCUT2D eigenvalue weighted by Crippen LogP contribution is -2.27. The van der Waals surface area contributed by atoms with Crippen LogP contribution >= 0.6 is 0 Å². The molecule has 1 rings (SSSR count). The van der Waals surface area contributed by atoms with Crippen molar-refractivity contribution in [3.05, 3.63) is 0 Å². The Kier molecular flexibility index (Phi) is 1.31. The fourth-order valence-corrected chi connectivity index (χ4v) is 0.970. The molecule has 1 unspecified atom stereocenters. The summed E-state index contributed by atoms with van der Waals surface area (Å²) in [6.07, 6.45) is -0.553. The molecule has 3 nitrogen and oxygen atoms in total. The molecule has 0 N–H and O–H groups in total. The first-order valence-corrected chi connectivity index (χ1v) is 3.21. The molecule has 0 amide bonds. The van der Waals surface area contributed by atoms with Crippen LogP contribution in [0, 0.1) is 5.41 Å². The highest BCUT2D eigenvalue weighted by Crippen LogP contribution is 2.28. The van der Waals surface area contributed by atoms with Crippen LogP contribution in [0.15, 0.2) is 0 Å². The van der Waals surface area contributed by atoms with E-state index in [4.69, 9.17) is 4.74 Å². The van der Waals surface area contributed by atoms with E-state index in [0.29, 0.717) is 0 Å².